The minimum atomic E-state index is 0.365. The van der Waals surface area contributed by atoms with Crippen molar-refractivity contribution in [3.05, 3.63) is 42.4 Å². The third-order valence-electron chi connectivity index (χ3n) is 1.56. The van der Waals surface area contributed by atoms with Crippen LogP contribution in [0.4, 0.5) is 4.39 Å². The first-order valence-corrected chi connectivity index (χ1v) is 3.86. The van der Waals surface area contributed by atoms with Gasteiger partial charge in [0.15, 0.2) is 0 Å². The highest BCUT2D eigenvalue weighted by Crippen LogP contribution is 2.11. The maximum Gasteiger partial charge on any atom is 0.121 e. The van der Waals surface area contributed by atoms with Gasteiger partial charge in [0.05, 0.1) is 7.11 Å². The molecular weight excluding hydrogens is 171 g/mol. The number of methoxy groups -OCH3 is 1. The van der Waals surface area contributed by atoms with Crippen molar-refractivity contribution in [2.45, 2.75) is 6.61 Å². The number of ether oxygens (including phenoxy) is 2. The van der Waals surface area contributed by atoms with Crippen LogP contribution < -0.4 is 4.74 Å². The molecule has 13 heavy (non-hydrogen) atoms. The lowest BCUT2D eigenvalue weighted by molar-refractivity contribution is 0.231. The van der Waals surface area contributed by atoms with Gasteiger partial charge in [0.1, 0.15) is 24.9 Å². The standard InChI is InChI=1S/C10H11FO2/c1-12-10-4-2-9(3-5-10)8-13-7-6-11/h2-7H,8H2,1H3/b7-6-. The molecule has 1 aromatic carbocycles. The molecule has 2 nitrogen and oxygen atoms in total. The summed E-state index contributed by atoms with van der Waals surface area (Å²) in [5, 5.41) is 0. The highest BCUT2D eigenvalue weighted by atomic mass is 19.1. The average molecular weight is 182 g/mol. The SMILES string of the molecule is COc1ccc(CO/C=C\F)cc1. The highest BCUT2D eigenvalue weighted by Gasteiger charge is 1.92. The first-order chi connectivity index (χ1) is 6.36. The first kappa shape index (κ1) is 9.58. The lowest BCUT2D eigenvalue weighted by Gasteiger charge is -2.02. The molecule has 0 aliphatic rings. The summed E-state index contributed by atoms with van der Waals surface area (Å²) in [6.45, 7) is 0.365. The van der Waals surface area contributed by atoms with Crippen molar-refractivity contribution < 1.29 is 13.9 Å². The quantitative estimate of drug-likeness (QED) is 0.666. The van der Waals surface area contributed by atoms with Crippen LogP contribution in [0.25, 0.3) is 0 Å². The van der Waals surface area contributed by atoms with E-state index in [1.165, 1.54) is 0 Å². The van der Waals surface area contributed by atoms with Crippen molar-refractivity contribution in [3.63, 3.8) is 0 Å². The molecular formula is C10H11FO2. The van der Waals surface area contributed by atoms with Crippen molar-refractivity contribution in [2.24, 2.45) is 0 Å². The van der Waals surface area contributed by atoms with E-state index in [0.29, 0.717) is 12.9 Å². The second-order valence-electron chi connectivity index (χ2n) is 2.42. The van der Waals surface area contributed by atoms with E-state index >= 15 is 0 Å². The second kappa shape index (κ2) is 5.19. The fourth-order valence-corrected chi connectivity index (χ4v) is 0.902. The topological polar surface area (TPSA) is 18.5 Å². The largest absolute Gasteiger partial charge is 0.497 e. The summed E-state index contributed by atoms with van der Waals surface area (Å²) in [7, 11) is 1.61. The minimum absolute atomic E-state index is 0.365. The lowest BCUT2D eigenvalue weighted by atomic mass is 10.2. The minimum Gasteiger partial charge on any atom is -0.497 e. The predicted molar refractivity (Wildman–Crippen MR) is 48.0 cm³/mol. The second-order valence-corrected chi connectivity index (χ2v) is 2.42. The highest BCUT2D eigenvalue weighted by molar-refractivity contribution is 5.26. The zero-order valence-electron chi connectivity index (χ0n) is 7.37. The number of halogens is 1. The molecule has 0 heterocycles. The van der Waals surface area contributed by atoms with E-state index in [-0.39, 0.29) is 0 Å². The fraction of sp³-hybridized carbons (Fsp3) is 0.200. The van der Waals surface area contributed by atoms with E-state index in [0.717, 1.165) is 17.6 Å². The predicted octanol–water partition coefficient (Wildman–Crippen LogP) is 2.65. The summed E-state index contributed by atoms with van der Waals surface area (Å²) >= 11 is 0. The third-order valence-corrected chi connectivity index (χ3v) is 1.56. The number of rotatable bonds is 4. The third kappa shape index (κ3) is 3.15. The molecule has 0 spiro atoms. The maximum atomic E-state index is 11.5. The molecule has 0 fully saturated rings. The van der Waals surface area contributed by atoms with Crippen LogP contribution in [-0.2, 0) is 11.3 Å². The summed E-state index contributed by atoms with van der Waals surface area (Å²) in [5.74, 6) is 0.796. The number of benzene rings is 1. The Kier molecular flexibility index (Phi) is 3.82. The zero-order valence-corrected chi connectivity index (χ0v) is 7.37. The summed E-state index contributed by atoms with van der Waals surface area (Å²) in [5.41, 5.74) is 0.971. The van der Waals surface area contributed by atoms with Crippen LogP contribution in [0.15, 0.2) is 36.9 Å². The van der Waals surface area contributed by atoms with Crippen molar-refractivity contribution in [2.75, 3.05) is 7.11 Å². The summed E-state index contributed by atoms with van der Waals surface area (Å²) in [6, 6.07) is 7.39. The van der Waals surface area contributed by atoms with Gasteiger partial charge in [-0.05, 0) is 17.7 Å². The van der Waals surface area contributed by atoms with Crippen LogP contribution in [-0.4, -0.2) is 7.11 Å². The molecule has 0 radical (unpaired) electrons. The van der Waals surface area contributed by atoms with E-state index < -0.39 is 0 Å². The van der Waals surface area contributed by atoms with Gasteiger partial charge in [-0.1, -0.05) is 12.1 Å². The molecule has 0 aromatic heterocycles. The zero-order chi connectivity index (χ0) is 9.52. The normalized spacial score (nSPS) is 10.3. The summed E-state index contributed by atoms with van der Waals surface area (Å²) < 4.78 is 21.3. The number of hydrogen-bond acceptors (Lipinski definition) is 2. The van der Waals surface area contributed by atoms with E-state index in [1.807, 2.05) is 24.3 Å². The van der Waals surface area contributed by atoms with Crippen LogP contribution in [0.5, 0.6) is 5.75 Å². The molecule has 1 rings (SSSR count). The van der Waals surface area contributed by atoms with Gasteiger partial charge in [-0.3, -0.25) is 0 Å². The Morgan fingerprint density at radius 1 is 1.31 bits per heavy atom. The van der Waals surface area contributed by atoms with Crippen LogP contribution in [0.2, 0.25) is 0 Å². The average Bonchev–Trinajstić information content (AvgIpc) is 2.19. The van der Waals surface area contributed by atoms with Crippen LogP contribution >= 0.6 is 0 Å². The monoisotopic (exact) mass is 182 g/mol. The van der Waals surface area contributed by atoms with Crippen molar-refractivity contribution >= 4 is 0 Å². The maximum absolute atomic E-state index is 11.5. The molecule has 0 bridgehead atoms. The molecule has 0 saturated heterocycles. The Labute approximate surface area is 76.6 Å². The van der Waals surface area contributed by atoms with Gasteiger partial charge in [0.2, 0.25) is 0 Å². The van der Waals surface area contributed by atoms with Gasteiger partial charge in [-0.2, -0.15) is 0 Å². The van der Waals surface area contributed by atoms with Gasteiger partial charge < -0.3 is 9.47 Å². The van der Waals surface area contributed by atoms with Gasteiger partial charge >= 0.3 is 0 Å². The van der Waals surface area contributed by atoms with E-state index in [4.69, 9.17) is 9.47 Å². The van der Waals surface area contributed by atoms with Gasteiger partial charge in [0, 0.05) is 0 Å². The first-order valence-electron chi connectivity index (χ1n) is 3.86. The molecule has 0 amide bonds. The molecule has 3 heteroatoms. The Balaban J connectivity index is 2.49. The molecule has 0 saturated carbocycles. The Hall–Kier alpha value is -1.51. The smallest absolute Gasteiger partial charge is 0.121 e. The van der Waals surface area contributed by atoms with Gasteiger partial charge in [0.25, 0.3) is 0 Å². The lowest BCUT2D eigenvalue weighted by Crippen LogP contribution is -1.87. The van der Waals surface area contributed by atoms with Crippen molar-refractivity contribution in [1.82, 2.24) is 0 Å². The summed E-state index contributed by atoms with van der Waals surface area (Å²) in [6.07, 6.45) is 1.38. The van der Waals surface area contributed by atoms with Crippen molar-refractivity contribution in [3.8, 4) is 5.75 Å². The molecule has 0 N–H and O–H groups in total. The Bertz CT molecular complexity index is 267. The molecule has 0 unspecified atom stereocenters. The van der Waals surface area contributed by atoms with Gasteiger partial charge in [-0.15, -0.1) is 0 Å². The molecule has 70 valence electrons. The Morgan fingerprint density at radius 2 is 2.00 bits per heavy atom. The Morgan fingerprint density at radius 3 is 2.54 bits per heavy atom. The molecule has 0 aliphatic carbocycles. The summed E-state index contributed by atoms with van der Waals surface area (Å²) in [4.78, 5) is 0. The molecule has 0 atom stereocenters. The number of hydrogen-bond donors (Lipinski definition) is 0. The fourth-order valence-electron chi connectivity index (χ4n) is 0.902. The molecule has 0 aliphatic heterocycles. The molecule has 1 aromatic rings. The van der Waals surface area contributed by atoms with Crippen LogP contribution in [0.3, 0.4) is 0 Å². The van der Waals surface area contributed by atoms with Crippen LogP contribution in [0, 0.1) is 0 Å². The van der Waals surface area contributed by atoms with Gasteiger partial charge in [-0.25, -0.2) is 4.39 Å². The van der Waals surface area contributed by atoms with E-state index in [9.17, 15) is 4.39 Å². The van der Waals surface area contributed by atoms with E-state index in [2.05, 4.69) is 0 Å². The van der Waals surface area contributed by atoms with E-state index in [1.54, 1.807) is 7.11 Å². The van der Waals surface area contributed by atoms with Crippen molar-refractivity contribution in [1.29, 1.82) is 0 Å². The van der Waals surface area contributed by atoms with Crippen LogP contribution in [0.1, 0.15) is 5.56 Å².